The first-order chi connectivity index (χ1) is 14.1. The number of benzene rings is 1. The van der Waals surface area contributed by atoms with Crippen LogP contribution in [0.4, 0.5) is 0 Å². The van der Waals surface area contributed by atoms with Gasteiger partial charge in [-0.1, -0.05) is 30.3 Å². The third kappa shape index (κ3) is 4.26. The fourth-order valence-electron chi connectivity index (χ4n) is 3.28. The highest BCUT2D eigenvalue weighted by Crippen LogP contribution is 2.17. The number of methoxy groups -OCH3 is 1. The highest BCUT2D eigenvalue weighted by Gasteiger charge is 2.26. The average Bonchev–Trinajstić information content (AvgIpc) is 3.31. The molecule has 0 saturated heterocycles. The van der Waals surface area contributed by atoms with E-state index in [1.165, 1.54) is 13.3 Å². The fourth-order valence-corrected chi connectivity index (χ4v) is 3.28. The molecule has 8 nitrogen and oxygen atoms in total. The average molecular weight is 391 g/mol. The maximum Gasteiger partial charge on any atom is 0.272 e. The Bertz CT molecular complexity index is 991. The van der Waals surface area contributed by atoms with Crippen LogP contribution in [-0.2, 0) is 19.5 Å². The van der Waals surface area contributed by atoms with Gasteiger partial charge in [0.05, 0.1) is 25.3 Å². The number of hydrogen-bond acceptors (Lipinski definition) is 5. The van der Waals surface area contributed by atoms with Crippen LogP contribution in [0.1, 0.15) is 32.1 Å². The van der Waals surface area contributed by atoms with Gasteiger partial charge in [-0.05, 0) is 17.7 Å². The van der Waals surface area contributed by atoms with Crippen molar-refractivity contribution in [2.24, 2.45) is 0 Å². The van der Waals surface area contributed by atoms with Crippen molar-refractivity contribution in [2.75, 3.05) is 7.11 Å². The number of nitrogens with one attached hydrogen (secondary N) is 2. The van der Waals surface area contributed by atoms with Gasteiger partial charge in [0.15, 0.2) is 0 Å². The van der Waals surface area contributed by atoms with Crippen molar-refractivity contribution >= 4 is 11.8 Å². The van der Waals surface area contributed by atoms with Crippen LogP contribution in [-0.4, -0.2) is 39.7 Å². The second-order valence-electron chi connectivity index (χ2n) is 6.84. The molecule has 0 radical (unpaired) electrons. The highest BCUT2D eigenvalue weighted by molar-refractivity contribution is 5.94. The Morgan fingerprint density at radius 1 is 1.17 bits per heavy atom. The number of nitrogens with zero attached hydrogens (tertiary/aromatic N) is 3. The van der Waals surface area contributed by atoms with Crippen LogP contribution in [0.5, 0.6) is 5.88 Å². The van der Waals surface area contributed by atoms with Crippen LogP contribution >= 0.6 is 0 Å². The lowest BCUT2D eigenvalue weighted by Crippen LogP contribution is -2.36. The van der Waals surface area contributed by atoms with Crippen molar-refractivity contribution in [2.45, 2.75) is 25.6 Å². The zero-order chi connectivity index (χ0) is 20.2. The number of carbonyl (C=O) groups is 2. The summed E-state index contributed by atoms with van der Waals surface area (Å²) in [5, 5.41) is 10.2. The molecule has 1 aromatic carbocycles. The van der Waals surface area contributed by atoms with Gasteiger partial charge in [-0.15, -0.1) is 0 Å². The van der Waals surface area contributed by atoms with Crippen LogP contribution in [0.15, 0.2) is 54.7 Å². The van der Waals surface area contributed by atoms with Crippen LogP contribution in [0.25, 0.3) is 0 Å². The van der Waals surface area contributed by atoms with Crippen LogP contribution < -0.4 is 15.4 Å². The molecule has 1 atom stereocenters. The topological polar surface area (TPSA) is 98.1 Å². The Morgan fingerprint density at radius 2 is 2.00 bits per heavy atom. The maximum absolute atomic E-state index is 12.4. The minimum atomic E-state index is -0.208. The molecule has 1 unspecified atom stereocenters. The minimum absolute atomic E-state index is 0.0754. The van der Waals surface area contributed by atoms with Gasteiger partial charge in [0.1, 0.15) is 5.69 Å². The molecule has 8 heteroatoms. The zero-order valence-electron chi connectivity index (χ0n) is 16.0. The molecule has 29 heavy (non-hydrogen) atoms. The monoisotopic (exact) mass is 391 g/mol. The molecule has 0 aliphatic carbocycles. The van der Waals surface area contributed by atoms with E-state index in [0.29, 0.717) is 36.6 Å². The number of fused-ring (bicyclic) bond motifs is 1. The first-order valence-corrected chi connectivity index (χ1v) is 9.32. The van der Waals surface area contributed by atoms with Crippen molar-refractivity contribution in [3.05, 3.63) is 77.2 Å². The van der Waals surface area contributed by atoms with E-state index < -0.39 is 0 Å². The summed E-state index contributed by atoms with van der Waals surface area (Å²) >= 11 is 0. The molecule has 1 aliphatic heterocycles. The second kappa shape index (κ2) is 8.14. The minimum Gasteiger partial charge on any atom is -0.481 e. The normalized spacial score (nSPS) is 14.9. The first-order valence-electron chi connectivity index (χ1n) is 9.32. The molecule has 0 bridgehead atoms. The summed E-state index contributed by atoms with van der Waals surface area (Å²) in [5.74, 6) is 0.0537. The summed E-state index contributed by atoms with van der Waals surface area (Å²) in [6.07, 6.45) is 2.10. The van der Waals surface area contributed by atoms with Gasteiger partial charge in [0.2, 0.25) is 5.88 Å². The Balaban J connectivity index is 1.32. The van der Waals surface area contributed by atoms with E-state index in [9.17, 15) is 9.59 Å². The molecule has 2 aromatic heterocycles. The summed E-state index contributed by atoms with van der Waals surface area (Å²) in [5.41, 5.74) is 2.81. The fraction of sp³-hybridized carbons (Fsp3) is 0.238. The lowest BCUT2D eigenvalue weighted by atomic mass is 10.1. The molecule has 3 aromatic rings. The quantitative estimate of drug-likeness (QED) is 0.665. The molecule has 3 heterocycles. The van der Waals surface area contributed by atoms with Crippen LogP contribution in [0, 0.1) is 0 Å². The van der Waals surface area contributed by atoms with Gasteiger partial charge in [0.25, 0.3) is 11.8 Å². The Labute approximate surface area is 167 Å². The second-order valence-corrected chi connectivity index (χ2v) is 6.84. The number of carbonyl (C=O) groups excluding carboxylic acids is 2. The van der Waals surface area contributed by atoms with Crippen molar-refractivity contribution in [3.63, 3.8) is 0 Å². The predicted octanol–water partition coefficient (Wildman–Crippen LogP) is 1.57. The lowest BCUT2D eigenvalue weighted by molar-refractivity contribution is 0.0927. The smallest absolute Gasteiger partial charge is 0.272 e. The molecule has 2 amide bonds. The molecular formula is C21H21N5O3. The molecular weight excluding hydrogens is 370 g/mol. The van der Waals surface area contributed by atoms with E-state index in [1.807, 2.05) is 30.3 Å². The predicted molar refractivity (Wildman–Crippen MR) is 106 cm³/mol. The molecule has 148 valence electrons. The highest BCUT2D eigenvalue weighted by atomic mass is 16.5. The van der Waals surface area contributed by atoms with Gasteiger partial charge in [-0.25, -0.2) is 4.98 Å². The van der Waals surface area contributed by atoms with E-state index >= 15 is 0 Å². The first kappa shape index (κ1) is 18.7. The van der Waals surface area contributed by atoms with Gasteiger partial charge in [-0.3, -0.25) is 14.3 Å². The number of amides is 2. The van der Waals surface area contributed by atoms with Crippen molar-refractivity contribution < 1.29 is 14.3 Å². The third-order valence-corrected chi connectivity index (χ3v) is 4.78. The zero-order valence-corrected chi connectivity index (χ0v) is 16.0. The maximum atomic E-state index is 12.4. The van der Waals surface area contributed by atoms with E-state index in [2.05, 4.69) is 20.7 Å². The summed E-state index contributed by atoms with van der Waals surface area (Å²) in [4.78, 5) is 28.8. The summed E-state index contributed by atoms with van der Waals surface area (Å²) < 4.78 is 6.77. The third-order valence-electron chi connectivity index (χ3n) is 4.78. The van der Waals surface area contributed by atoms with Gasteiger partial charge >= 0.3 is 0 Å². The number of pyridine rings is 1. The number of ether oxygens (including phenoxy) is 1. The summed E-state index contributed by atoms with van der Waals surface area (Å²) in [6, 6.07) is 14.7. The molecule has 0 fully saturated rings. The standard InChI is InChI=1S/C21H21N5O3/c1-29-19-8-7-15(12-22-19)20(27)24-16-9-17-10-18(25-26(17)13-16)21(28)23-11-14-5-3-2-4-6-14/h2-8,10,12,16H,9,11,13H2,1H3,(H,23,28)(H,24,27). The molecule has 0 spiro atoms. The van der Waals surface area contributed by atoms with Crippen molar-refractivity contribution in [3.8, 4) is 5.88 Å². The summed E-state index contributed by atoms with van der Waals surface area (Å²) in [7, 11) is 1.53. The van der Waals surface area contributed by atoms with Gasteiger partial charge in [0, 0.05) is 30.9 Å². The number of rotatable bonds is 6. The molecule has 2 N–H and O–H groups in total. The number of hydrogen-bond donors (Lipinski definition) is 2. The Hall–Kier alpha value is -3.68. The van der Waals surface area contributed by atoms with Crippen LogP contribution in [0.2, 0.25) is 0 Å². The van der Waals surface area contributed by atoms with Crippen LogP contribution in [0.3, 0.4) is 0 Å². The SMILES string of the molecule is COc1ccc(C(=O)NC2Cc3cc(C(=O)NCc4ccccc4)nn3C2)cn1. The van der Waals surface area contributed by atoms with Crippen molar-refractivity contribution in [1.29, 1.82) is 0 Å². The van der Waals surface area contributed by atoms with E-state index in [1.54, 1.807) is 22.9 Å². The van der Waals surface area contributed by atoms with E-state index in [0.717, 1.165) is 11.3 Å². The van der Waals surface area contributed by atoms with Crippen molar-refractivity contribution in [1.82, 2.24) is 25.4 Å². The largest absolute Gasteiger partial charge is 0.481 e. The van der Waals surface area contributed by atoms with E-state index in [-0.39, 0.29) is 17.9 Å². The molecule has 0 saturated carbocycles. The van der Waals surface area contributed by atoms with E-state index in [4.69, 9.17) is 4.74 Å². The molecule has 1 aliphatic rings. The molecule has 4 rings (SSSR count). The van der Waals surface area contributed by atoms with Gasteiger partial charge < -0.3 is 15.4 Å². The lowest BCUT2D eigenvalue weighted by Gasteiger charge is -2.12. The van der Waals surface area contributed by atoms with Gasteiger partial charge in [-0.2, -0.15) is 5.10 Å². The number of aromatic nitrogens is 3. The summed E-state index contributed by atoms with van der Waals surface area (Å²) in [6.45, 7) is 0.979. The Kier molecular flexibility index (Phi) is 5.24. The Morgan fingerprint density at radius 3 is 2.69 bits per heavy atom.